The summed E-state index contributed by atoms with van der Waals surface area (Å²) in [4.78, 5) is 2.46. The second-order valence-corrected chi connectivity index (χ2v) is 5.51. The third kappa shape index (κ3) is 1.85. The fourth-order valence-corrected chi connectivity index (χ4v) is 3.54. The molecule has 0 bridgehead atoms. The minimum Gasteiger partial charge on any atom is -0.297 e. The molecule has 0 N–H and O–H groups in total. The molecule has 2 aliphatic rings. The van der Waals surface area contributed by atoms with E-state index in [-0.39, 0.29) is 5.41 Å². The molecular weight excluding hydrogens is 208 g/mol. The van der Waals surface area contributed by atoms with E-state index < -0.39 is 0 Å². The minimum atomic E-state index is -0.0191. The van der Waals surface area contributed by atoms with Crippen LogP contribution < -0.4 is 0 Å². The molecule has 17 heavy (non-hydrogen) atoms. The van der Waals surface area contributed by atoms with E-state index in [1.54, 1.807) is 0 Å². The van der Waals surface area contributed by atoms with Crippen LogP contribution in [0.2, 0.25) is 0 Å². The van der Waals surface area contributed by atoms with Gasteiger partial charge in [0.2, 0.25) is 0 Å². The van der Waals surface area contributed by atoms with Crippen molar-refractivity contribution < 1.29 is 0 Å². The van der Waals surface area contributed by atoms with Crippen LogP contribution in [0.25, 0.3) is 0 Å². The Morgan fingerprint density at radius 2 is 2.18 bits per heavy atom. The molecule has 88 valence electrons. The van der Waals surface area contributed by atoms with Crippen molar-refractivity contribution in [2.45, 2.75) is 25.8 Å². The van der Waals surface area contributed by atoms with E-state index >= 15 is 0 Å². The van der Waals surface area contributed by atoms with Crippen LogP contribution in [0.4, 0.5) is 0 Å². The second kappa shape index (κ2) is 4.16. The number of fused-ring (bicyclic) bond motifs is 1. The van der Waals surface area contributed by atoms with Crippen molar-refractivity contribution in [3.8, 4) is 6.07 Å². The average molecular weight is 226 g/mol. The molecule has 1 heterocycles. The number of hydrogen-bond donors (Lipinski definition) is 0. The number of hydrogen-bond acceptors (Lipinski definition) is 2. The maximum atomic E-state index is 9.43. The van der Waals surface area contributed by atoms with E-state index in [4.69, 9.17) is 0 Å². The summed E-state index contributed by atoms with van der Waals surface area (Å²) >= 11 is 0. The summed E-state index contributed by atoms with van der Waals surface area (Å²) in [7, 11) is 0. The molecule has 0 spiro atoms. The molecule has 1 aromatic rings. The first-order valence-electron chi connectivity index (χ1n) is 6.50. The van der Waals surface area contributed by atoms with Crippen LogP contribution >= 0.6 is 0 Å². The van der Waals surface area contributed by atoms with E-state index in [0.29, 0.717) is 5.92 Å². The summed E-state index contributed by atoms with van der Waals surface area (Å²) in [6.45, 7) is 3.09. The van der Waals surface area contributed by atoms with Gasteiger partial charge in [-0.1, -0.05) is 36.8 Å². The van der Waals surface area contributed by atoms with Gasteiger partial charge in [-0.25, -0.2) is 0 Å². The highest BCUT2D eigenvalue weighted by Crippen LogP contribution is 2.48. The summed E-state index contributed by atoms with van der Waals surface area (Å²) in [6, 6.07) is 13.2. The Kier molecular flexibility index (Phi) is 2.64. The van der Waals surface area contributed by atoms with Gasteiger partial charge in [0.05, 0.1) is 11.5 Å². The van der Waals surface area contributed by atoms with Crippen LogP contribution in [-0.4, -0.2) is 18.0 Å². The lowest BCUT2D eigenvalue weighted by molar-refractivity contribution is 0.288. The molecule has 2 atom stereocenters. The third-order valence-electron chi connectivity index (χ3n) is 4.41. The first-order valence-corrected chi connectivity index (χ1v) is 6.50. The fourth-order valence-electron chi connectivity index (χ4n) is 3.54. The van der Waals surface area contributed by atoms with Gasteiger partial charge >= 0.3 is 0 Å². The highest BCUT2D eigenvalue weighted by Gasteiger charge is 2.49. The van der Waals surface area contributed by atoms with Gasteiger partial charge in [-0.15, -0.1) is 0 Å². The Labute approximate surface area is 103 Å². The maximum Gasteiger partial charge on any atom is 0.0741 e. The lowest BCUT2D eigenvalue weighted by atomic mass is 9.82. The summed E-state index contributed by atoms with van der Waals surface area (Å²) < 4.78 is 0. The highest BCUT2D eigenvalue weighted by molar-refractivity contribution is 5.17. The fraction of sp³-hybridized carbons (Fsp3) is 0.533. The van der Waals surface area contributed by atoms with Crippen molar-refractivity contribution in [1.29, 1.82) is 5.26 Å². The molecular formula is C15H18N2. The van der Waals surface area contributed by atoms with Crippen molar-refractivity contribution >= 4 is 0 Å². The Morgan fingerprint density at radius 3 is 2.88 bits per heavy atom. The molecule has 0 unspecified atom stereocenters. The highest BCUT2D eigenvalue weighted by atomic mass is 15.2. The van der Waals surface area contributed by atoms with E-state index in [2.05, 4.69) is 41.3 Å². The largest absolute Gasteiger partial charge is 0.297 e. The normalized spacial score (nSPS) is 32.3. The molecule has 3 rings (SSSR count). The molecule has 0 radical (unpaired) electrons. The summed E-state index contributed by atoms with van der Waals surface area (Å²) in [5.74, 6) is 0.621. The van der Waals surface area contributed by atoms with Gasteiger partial charge < -0.3 is 0 Å². The van der Waals surface area contributed by atoms with Crippen LogP contribution in [0.1, 0.15) is 24.8 Å². The summed E-state index contributed by atoms with van der Waals surface area (Å²) in [5.41, 5.74) is 1.34. The monoisotopic (exact) mass is 226 g/mol. The van der Waals surface area contributed by atoms with Crippen LogP contribution in [0, 0.1) is 22.7 Å². The Morgan fingerprint density at radius 1 is 1.35 bits per heavy atom. The van der Waals surface area contributed by atoms with Crippen LogP contribution in [0.5, 0.6) is 0 Å². The van der Waals surface area contributed by atoms with E-state index in [1.807, 2.05) is 0 Å². The quantitative estimate of drug-likeness (QED) is 0.775. The van der Waals surface area contributed by atoms with Crippen molar-refractivity contribution in [3.63, 3.8) is 0 Å². The van der Waals surface area contributed by atoms with Gasteiger partial charge in [-0.2, -0.15) is 5.26 Å². The van der Waals surface area contributed by atoms with Crippen molar-refractivity contribution in [2.24, 2.45) is 11.3 Å². The van der Waals surface area contributed by atoms with Gasteiger partial charge in [0.15, 0.2) is 0 Å². The third-order valence-corrected chi connectivity index (χ3v) is 4.41. The predicted octanol–water partition coefficient (Wildman–Crippen LogP) is 2.81. The molecule has 1 aliphatic carbocycles. The molecule has 1 saturated heterocycles. The van der Waals surface area contributed by atoms with Gasteiger partial charge in [-0.05, 0) is 24.3 Å². The molecule has 0 aromatic heterocycles. The van der Waals surface area contributed by atoms with E-state index in [1.165, 1.54) is 18.4 Å². The second-order valence-electron chi connectivity index (χ2n) is 5.51. The number of rotatable bonds is 2. The molecule has 2 nitrogen and oxygen atoms in total. The van der Waals surface area contributed by atoms with Gasteiger partial charge in [0.1, 0.15) is 0 Å². The standard InChI is InChI=1S/C15H18N2/c16-11-15-8-4-7-14(15)10-17(12-15)9-13-5-2-1-3-6-13/h1-3,5-6,14H,4,7-10,12H2/t14-,15-/m0/s1. The number of likely N-dealkylation sites (tertiary alicyclic amines) is 1. The number of nitriles is 1. The van der Waals surface area contributed by atoms with Crippen molar-refractivity contribution in [1.82, 2.24) is 4.90 Å². The molecule has 2 fully saturated rings. The number of benzene rings is 1. The van der Waals surface area contributed by atoms with Gasteiger partial charge in [0, 0.05) is 19.6 Å². The van der Waals surface area contributed by atoms with E-state index in [9.17, 15) is 5.26 Å². The van der Waals surface area contributed by atoms with Gasteiger partial charge in [0.25, 0.3) is 0 Å². The lowest BCUT2D eigenvalue weighted by Gasteiger charge is -2.20. The van der Waals surface area contributed by atoms with Gasteiger partial charge in [-0.3, -0.25) is 4.90 Å². The Bertz CT molecular complexity index is 434. The summed E-state index contributed by atoms with van der Waals surface area (Å²) in [5, 5.41) is 9.43. The predicted molar refractivity (Wildman–Crippen MR) is 67.1 cm³/mol. The van der Waals surface area contributed by atoms with Crippen LogP contribution in [-0.2, 0) is 6.54 Å². The topological polar surface area (TPSA) is 27.0 Å². The van der Waals surface area contributed by atoms with E-state index in [0.717, 1.165) is 26.1 Å². The van der Waals surface area contributed by atoms with Crippen molar-refractivity contribution in [2.75, 3.05) is 13.1 Å². The molecule has 2 heteroatoms. The summed E-state index contributed by atoms with van der Waals surface area (Å²) in [6.07, 6.45) is 3.61. The van der Waals surface area contributed by atoms with Crippen LogP contribution in [0.3, 0.4) is 0 Å². The lowest BCUT2D eigenvalue weighted by Crippen LogP contribution is -2.25. The van der Waals surface area contributed by atoms with Crippen LogP contribution in [0.15, 0.2) is 30.3 Å². The Balaban J connectivity index is 1.71. The average Bonchev–Trinajstić information content (AvgIpc) is 2.87. The first-order chi connectivity index (χ1) is 8.32. The minimum absolute atomic E-state index is 0.0191. The van der Waals surface area contributed by atoms with Crippen molar-refractivity contribution in [3.05, 3.63) is 35.9 Å². The molecule has 1 aromatic carbocycles. The SMILES string of the molecule is N#C[C@]12CCC[C@H]1CN(Cc1ccccc1)C2. The maximum absolute atomic E-state index is 9.43. The molecule has 1 aliphatic heterocycles. The smallest absolute Gasteiger partial charge is 0.0741 e. The zero-order valence-electron chi connectivity index (χ0n) is 10.1. The zero-order chi connectivity index (χ0) is 11.7. The first kappa shape index (κ1) is 10.8. The molecule has 0 amide bonds. The number of nitrogens with zero attached hydrogens (tertiary/aromatic N) is 2. The zero-order valence-corrected chi connectivity index (χ0v) is 10.1. The Hall–Kier alpha value is -1.33. The molecule has 1 saturated carbocycles.